The lowest BCUT2D eigenvalue weighted by Gasteiger charge is -1.99. The number of carbonyl (C=O) groups excluding carboxylic acids is 1. The number of carbonyl (C=O) groups is 1. The fourth-order valence-electron chi connectivity index (χ4n) is 1.85. The Labute approximate surface area is 144 Å². The van der Waals surface area contributed by atoms with Gasteiger partial charge in [0.25, 0.3) is 5.91 Å². The van der Waals surface area contributed by atoms with Gasteiger partial charge in [0.15, 0.2) is 4.34 Å². The summed E-state index contributed by atoms with van der Waals surface area (Å²) >= 11 is 2.82. The van der Waals surface area contributed by atoms with E-state index in [1.165, 1.54) is 29.2 Å². The van der Waals surface area contributed by atoms with Crippen molar-refractivity contribution >= 4 is 45.4 Å². The summed E-state index contributed by atoms with van der Waals surface area (Å²) in [6, 6.07) is 10.9. The fourth-order valence-corrected chi connectivity index (χ4v) is 3.71. The summed E-state index contributed by atoms with van der Waals surface area (Å²) in [6.07, 6.45) is 1.13. The summed E-state index contributed by atoms with van der Waals surface area (Å²) in [5.74, 6) is -1.60. The van der Waals surface area contributed by atoms with Gasteiger partial charge in [-0.1, -0.05) is 23.9 Å². The Morgan fingerprint density at radius 3 is 2.92 bits per heavy atom. The molecule has 3 rings (SSSR count). The number of halogens is 2. The molecule has 1 heterocycles. The topological polar surface area (TPSA) is 54.4 Å². The Morgan fingerprint density at radius 1 is 1.29 bits per heavy atom. The second-order valence-electron chi connectivity index (χ2n) is 4.70. The van der Waals surface area contributed by atoms with Gasteiger partial charge >= 0.3 is 0 Å². The van der Waals surface area contributed by atoms with Gasteiger partial charge in [-0.3, -0.25) is 4.79 Å². The molecule has 0 atom stereocenters. The first-order chi connectivity index (χ1) is 11.6. The van der Waals surface area contributed by atoms with Gasteiger partial charge in [-0.15, -0.1) is 11.3 Å². The second kappa shape index (κ2) is 7.50. The van der Waals surface area contributed by atoms with E-state index in [0.717, 1.165) is 32.9 Å². The number of hydrogen-bond donors (Lipinski definition) is 1. The number of hydrogen-bond acceptors (Lipinski definition) is 5. The monoisotopic (exact) mass is 363 g/mol. The second-order valence-corrected chi connectivity index (χ2v) is 6.95. The highest BCUT2D eigenvalue weighted by Crippen LogP contribution is 2.28. The van der Waals surface area contributed by atoms with Crippen molar-refractivity contribution in [1.29, 1.82) is 0 Å². The van der Waals surface area contributed by atoms with E-state index >= 15 is 0 Å². The highest BCUT2D eigenvalue weighted by Gasteiger charge is 2.07. The van der Waals surface area contributed by atoms with E-state index in [-0.39, 0.29) is 17.2 Å². The molecule has 1 N–H and O–H groups in total. The van der Waals surface area contributed by atoms with Crippen molar-refractivity contribution in [3.63, 3.8) is 0 Å². The van der Waals surface area contributed by atoms with Crippen LogP contribution in [0.5, 0.6) is 0 Å². The molecule has 0 bridgehead atoms. The van der Waals surface area contributed by atoms with Gasteiger partial charge in [0.05, 0.1) is 22.2 Å². The molecule has 2 aromatic carbocycles. The van der Waals surface area contributed by atoms with Crippen LogP contribution in [-0.2, 0) is 4.79 Å². The molecule has 0 radical (unpaired) electrons. The molecule has 8 heteroatoms. The highest BCUT2D eigenvalue weighted by molar-refractivity contribution is 8.01. The molecular weight excluding hydrogens is 352 g/mol. The molecule has 4 nitrogen and oxygen atoms in total. The van der Waals surface area contributed by atoms with E-state index in [4.69, 9.17) is 0 Å². The summed E-state index contributed by atoms with van der Waals surface area (Å²) < 4.78 is 28.0. The predicted octanol–water partition coefficient (Wildman–Crippen LogP) is 3.82. The highest BCUT2D eigenvalue weighted by atomic mass is 32.2. The Morgan fingerprint density at radius 2 is 2.12 bits per heavy atom. The first-order valence-electron chi connectivity index (χ1n) is 6.87. The quantitative estimate of drug-likeness (QED) is 0.426. The summed E-state index contributed by atoms with van der Waals surface area (Å²) in [7, 11) is 0. The van der Waals surface area contributed by atoms with E-state index in [1.807, 2.05) is 24.3 Å². The molecule has 0 aliphatic rings. The van der Waals surface area contributed by atoms with Crippen molar-refractivity contribution < 1.29 is 13.6 Å². The zero-order valence-corrected chi connectivity index (χ0v) is 13.8. The Bertz CT molecular complexity index is 878. The van der Waals surface area contributed by atoms with E-state index in [0.29, 0.717) is 0 Å². The molecule has 122 valence electrons. The molecule has 0 aliphatic carbocycles. The van der Waals surface area contributed by atoms with Crippen LogP contribution in [-0.4, -0.2) is 22.9 Å². The number of benzene rings is 2. The van der Waals surface area contributed by atoms with Gasteiger partial charge in [-0.25, -0.2) is 19.2 Å². The minimum absolute atomic E-state index is 0.0931. The molecule has 0 saturated heterocycles. The predicted molar refractivity (Wildman–Crippen MR) is 92.4 cm³/mol. The van der Waals surface area contributed by atoms with Crippen LogP contribution in [0.1, 0.15) is 5.56 Å². The van der Waals surface area contributed by atoms with Gasteiger partial charge in [0, 0.05) is 11.6 Å². The fraction of sp³-hybridized carbons (Fsp3) is 0.0625. The third-order valence-electron chi connectivity index (χ3n) is 2.96. The minimum Gasteiger partial charge on any atom is -0.272 e. The van der Waals surface area contributed by atoms with Crippen LogP contribution in [0.3, 0.4) is 0 Å². The molecule has 1 amide bonds. The van der Waals surface area contributed by atoms with E-state index in [9.17, 15) is 13.6 Å². The van der Waals surface area contributed by atoms with Gasteiger partial charge in [-0.2, -0.15) is 5.10 Å². The number of rotatable bonds is 5. The van der Waals surface area contributed by atoms with Crippen LogP contribution in [0.15, 0.2) is 51.9 Å². The number of hydrazone groups is 1. The van der Waals surface area contributed by atoms with Crippen LogP contribution >= 0.6 is 23.1 Å². The average Bonchev–Trinajstić information content (AvgIpc) is 2.98. The van der Waals surface area contributed by atoms with Crippen LogP contribution in [0.2, 0.25) is 0 Å². The number of amides is 1. The summed E-state index contributed by atoms with van der Waals surface area (Å²) in [4.78, 5) is 16.1. The molecule has 0 aliphatic heterocycles. The van der Waals surface area contributed by atoms with Crippen molar-refractivity contribution in [2.45, 2.75) is 4.34 Å². The van der Waals surface area contributed by atoms with Crippen molar-refractivity contribution in [3.05, 3.63) is 59.7 Å². The normalized spacial score (nSPS) is 11.2. The maximum atomic E-state index is 13.4. The largest absolute Gasteiger partial charge is 0.272 e. The van der Waals surface area contributed by atoms with Gasteiger partial charge in [0.2, 0.25) is 0 Å². The van der Waals surface area contributed by atoms with E-state index in [1.54, 1.807) is 0 Å². The lowest BCUT2D eigenvalue weighted by Crippen LogP contribution is -2.19. The van der Waals surface area contributed by atoms with Gasteiger partial charge in [0.1, 0.15) is 11.6 Å². The molecule has 3 aromatic rings. The number of aromatic nitrogens is 1. The van der Waals surface area contributed by atoms with Gasteiger partial charge in [-0.05, 0) is 24.3 Å². The van der Waals surface area contributed by atoms with Gasteiger partial charge < -0.3 is 0 Å². The zero-order valence-electron chi connectivity index (χ0n) is 12.2. The first kappa shape index (κ1) is 16.5. The number of nitrogens with zero attached hydrogens (tertiary/aromatic N) is 2. The number of thioether (sulfide) groups is 1. The molecule has 0 fully saturated rings. The smallest absolute Gasteiger partial charge is 0.250 e. The number of para-hydroxylation sites is 1. The standard InChI is InChI=1S/C16H11F2N3OS2/c17-11-6-5-10(12(18)7-11)8-19-21-15(22)9-23-16-20-13-3-1-2-4-14(13)24-16/h1-8H,9H2,(H,21,22)/b19-8+. The molecular formula is C16H11F2N3OS2. The van der Waals surface area contributed by atoms with Crippen LogP contribution in [0, 0.1) is 11.6 Å². The molecule has 0 spiro atoms. The lowest BCUT2D eigenvalue weighted by molar-refractivity contribution is -0.118. The van der Waals surface area contributed by atoms with E-state index in [2.05, 4.69) is 15.5 Å². The summed E-state index contributed by atoms with van der Waals surface area (Å²) in [6.45, 7) is 0. The third-order valence-corrected chi connectivity index (χ3v) is 5.14. The maximum absolute atomic E-state index is 13.4. The average molecular weight is 363 g/mol. The van der Waals surface area contributed by atoms with Crippen LogP contribution in [0.4, 0.5) is 8.78 Å². The van der Waals surface area contributed by atoms with E-state index < -0.39 is 11.6 Å². The molecule has 1 aromatic heterocycles. The number of nitrogens with one attached hydrogen (secondary N) is 1. The number of fused-ring (bicyclic) bond motifs is 1. The lowest BCUT2D eigenvalue weighted by atomic mass is 10.2. The maximum Gasteiger partial charge on any atom is 0.250 e. The Hall–Kier alpha value is -2.32. The van der Waals surface area contributed by atoms with Crippen molar-refractivity contribution in [2.24, 2.45) is 5.10 Å². The van der Waals surface area contributed by atoms with Crippen LogP contribution < -0.4 is 5.43 Å². The SMILES string of the molecule is O=C(CSc1nc2ccccc2s1)N/N=C/c1ccc(F)cc1F. The summed E-state index contributed by atoms with van der Waals surface area (Å²) in [5.41, 5.74) is 3.29. The Kier molecular flexibility index (Phi) is 5.17. The molecule has 0 unspecified atom stereocenters. The van der Waals surface area contributed by atoms with Crippen molar-refractivity contribution in [1.82, 2.24) is 10.4 Å². The van der Waals surface area contributed by atoms with Crippen LogP contribution in [0.25, 0.3) is 10.2 Å². The third kappa shape index (κ3) is 4.15. The van der Waals surface area contributed by atoms with Crippen molar-refractivity contribution in [3.8, 4) is 0 Å². The van der Waals surface area contributed by atoms with Crippen molar-refractivity contribution in [2.75, 3.05) is 5.75 Å². The first-order valence-corrected chi connectivity index (χ1v) is 8.67. The molecule has 0 saturated carbocycles. The molecule has 24 heavy (non-hydrogen) atoms. The summed E-state index contributed by atoms with van der Waals surface area (Å²) in [5, 5.41) is 3.67. The zero-order chi connectivity index (χ0) is 16.9. The minimum atomic E-state index is -0.739. The Balaban J connectivity index is 1.53. The number of thiazole rings is 1.